The second-order valence-corrected chi connectivity index (χ2v) is 0.640. The van der Waals surface area contributed by atoms with Gasteiger partial charge in [-0.25, -0.2) is 0 Å². The molecule has 32 valence electrons. The van der Waals surface area contributed by atoms with Gasteiger partial charge in [-0.1, -0.05) is 0 Å². The van der Waals surface area contributed by atoms with Crippen molar-refractivity contribution in [3.8, 4) is 0 Å². The Labute approximate surface area is 43.1 Å². The van der Waals surface area contributed by atoms with Crippen LogP contribution in [0.5, 0.6) is 0 Å². The van der Waals surface area contributed by atoms with Gasteiger partial charge in [0.2, 0.25) is 0 Å². The maximum Gasteiger partial charge on any atom is -0.0000775 e. The largest absolute Gasteiger partial charge is 0.404 e. The maximum absolute atomic E-state index is 4.77. The van der Waals surface area contributed by atoms with Crippen LogP contribution < -0.4 is 5.73 Å². The van der Waals surface area contributed by atoms with Gasteiger partial charge in [-0.3, -0.25) is 0 Å². The molecule has 0 aliphatic rings. The Morgan fingerprint density at radius 3 is 1.80 bits per heavy atom. The van der Waals surface area contributed by atoms with Crippen molar-refractivity contribution < 1.29 is 0 Å². The summed E-state index contributed by atoms with van der Waals surface area (Å²) in [6.07, 6.45) is 1.36. The monoisotopic (exact) mass is 111 g/mol. The van der Waals surface area contributed by atoms with Crippen molar-refractivity contribution in [2.24, 2.45) is 5.73 Å². The summed E-state index contributed by atoms with van der Waals surface area (Å²) in [6, 6.07) is 0. The summed E-state index contributed by atoms with van der Waals surface area (Å²) in [5.74, 6) is 0. The molecule has 0 aromatic carbocycles. The van der Waals surface area contributed by atoms with Gasteiger partial charge in [-0.15, -0.1) is 25.0 Å². The SMILES string of the molecule is Cl.N/C=C/S. The lowest BCUT2D eigenvalue weighted by Gasteiger charge is -1.53. The van der Waals surface area contributed by atoms with Gasteiger partial charge < -0.3 is 5.73 Å². The molecule has 0 amide bonds. The molecule has 0 saturated heterocycles. The van der Waals surface area contributed by atoms with Crippen LogP contribution in [0, 0.1) is 0 Å². The topological polar surface area (TPSA) is 26.0 Å². The molecule has 0 aliphatic carbocycles. The lowest BCUT2D eigenvalue weighted by molar-refractivity contribution is 1.63. The first kappa shape index (κ1) is 8.95. The third kappa shape index (κ3) is 14.3. The summed E-state index contributed by atoms with van der Waals surface area (Å²) in [4.78, 5) is 0. The fourth-order valence-electron chi connectivity index (χ4n) is 0. The molecule has 0 atom stereocenters. The van der Waals surface area contributed by atoms with E-state index in [0.29, 0.717) is 0 Å². The average molecular weight is 112 g/mol. The Hall–Kier alpha value is 0.180. The second-order valence-electron chi connectivity index (χ2n) is 0.342. The zero-order valence-corrected chi connectivity index (χ0v) is 4.30. The molecule has 0 bridgehead atoms. The van der Waals surface area contributed by atoms with Crippen molar-refractivity contribution in [3.63, 3.8) is 0 Å². The molecule has 0 heterocycles. The number of rotatable bonds is 0. The van der Waals surface area contributed by atoms with Crippen LogP contribution in [-0.2, 0) is 0 Å². The van der Waals surface area contributed by atoms with E-state index in [1.54, 1.807) is 0 Å². The van der Waals surface area contributed by atoms with Gasteiger partial charge >= 0.3 is 0 Å². The van der Waals surface area contributed by atoms with Crippen molar-refractivity contribution in [2.75, 3.05) is 0 Å². The van der Waals surface area contributed by atoms with Gasteiger partial charge in [0.15, 0.2) is 0 Å². The average Bonchev–Trinajstić information content (AvgIpc) is 1.37. The summed E-state index contributed by atoms with van der Waals surface area (Å²) < 4.78 is 0. The Kier molecular flexibility index (Phi) is 15.9. The van der Waals surface area contributed by atoms with Crippen molar-refractivity contribution >= 4 is 25.0 Å². The molecular weight excluding hydrogens is 106 g/mol. The minimum Gasteiger partial charge on any atom is -0.404 e. The van der Waals surface area contributed by atoms with Crippen LogP contribution in [-0.4, -0.2) is 0 Å². The highest BCUT2D eigenvalue weighted by atomic mass is 35.5. The molecule has 0 aliphatic heterocycles. The third-order valence-electron chi connectivity index (χ3n) is 0.0861. The number of thiol groups is 1. The summed E-state index contributed by atoms with van der Waals surface area (Å²) in [5.41, 5.74) is 4.77. The maximum atomic E-state index is 4.77. The molecule has 0 aromatic rings. The van der Waals surface area contributed by atoms with E-state index in [-0.39, 0.29) is 12.4 Å². The Morgan fingerprint density at radius 1 is 1.60 bits per heavy atom. The minimum atomic E-state index is 0. The van der Waals surface area contributed by atoms with E-state index in [1.807, 2.05) is 0 Å². The molecule has 0 unspecified atom stereocenters. The van der Waals surface area contributed by atoms with E-state index in [0.717, 1.165) is 0 Å². The third-order valence-corrected chi connectivity index (χ3v) is 0.258. The summed E-state index contributed by atoms with van der Waals surface area (Å²) in [7, 11) is 0. The number of nitrogens with two attached hydrogens (primary N) is 1. The van der Waals surface area contributed by atoms with Gasteiger partial charge in [0.25, 0.3) is 0 Å². The molecule has 3 heteroatoms. The molecule has 0 radical (unpaired) electrons. The molecule has 0 rings (SSSR count). The zero-order valence-electron chi connectivity index (χ0n) is 2.59. The standard InChI is InChI=1S/C2H5NS.ClH/c3-1-2-4;/h1-2,4H,3H2;1H/b2-1+;. The predicted molar refractivity (Wildman–Crippen MR) is 29.6 cm³/mol. The fourth-order valence-corrected chi connectivity index (χ4v) is 0. The first-order chi connectivity index (χ1) is 1.91. The van der Waals surface area contributed by atoms with Crippen LogP contribution in [0.25, 0.3) is 0 Å². The normalized spacial score (nSPS) is 7.40. The molecule has 0 fully saturated rings. The van der Waals surface area contributed by atoms with Gasteiger partial charge in [0.1, 0.15) is 0 Å². The van der Waals surface area contributed by atoms with Crippen LogP contribution in [0.15, 0.2) is 11.6 Å². The van der Waals surface area contributed by atoms with E-state index in [2.05, 4.69) is 12.6 Å². The number of hydrogen-bond acceptors (Lipinski definition) is 2. The summed E-state index contributed by atoms with van der Waals surface area (Å²) in [6.45, 7) is 0. The smallest absolute Gasteiger partial charge is 0.0000775 e. The number of halogens is 1. The van der Waals surface area contributed by atoms with Crippen molar-refractivity contribution in [2.45, 2.75) is 0 Å². The van der Waals surface area contributed by atoms with E-state index in [1.165, 1.54) is 11.6 Å². The van der Waals surface area contributed by atoms with E-state index in [4.69, 9.17) is 5.73 Å². The van der Waals surface area contributed by atoms with Crippen LogP contribution in [0.1, 0.15) is 0 Å². The molecular formula is C2H6ClNS. The Bertz CT molecular complexity index is 24.8. The molecule has 0 saturated carbocycles. The molecule has 5 heavy (non-hydrogen) atoms. The molecule has 2 N–H and O–H groups in total. The Morgan fingerprint density at radius 2 is 1.80 bits per heavy atom. The highest BCUT2D eigenvalue weighted by molar-refractivity contribution is 7.83. The van der Waals surface area contributed by atoms with Gasteiger partial charge in [-0.05, 0) is 11.6 Å². The van der Waals surface area contributed by atoms with E-state index < -0.39 is 0 Å². The molecule has 0 spiro atoms. The van der Waals surface area contributed by atoms with Crippen LogP contribution >= 0.6 is 25.0 Å². The highest BCUT2D eigenvalue weighted by Crippen LogP contribution is 1.63. The van der Waals surface area contributed by atoms with Gasteiger partial charge in [-0.2, -0.15) is 0 Å². The van der Waals surface area contributed by atoms with Crippen molar-refractivity contribution in [1.82, 2.24) is 0 Å². The second kappa shape index (κ2) is 8.89. The predicted octanol–water partition coefficient (Wildman–Crippen LogP) is 0.768. The van der Waals surface area contributed by atoms with Crippen molar-refractivity contribution in [3.05, 3.63) is 11.6 Å². The van der Waals surface area contributed by atoms with E-state index >= 15 is 0 Å². The van der Waals surface area contributed by atoms with E-state index in [9.17, 15) is 0 Å². The van der Waals surface area contributed by atoms with Crippen LogP contribution in [0.3, 0.4) is 0 Å². The first-order valence-corrected chi connectivity index (χ1v) is 1.44. The highest BCUT2D eigenvalue weighted by Gasteiger charge is 1.33. The minimum absolute atomic E-state index is 0. The van der Waals surface area contributed by atoms with Gasteiger partial charge in [0.05, 0.1) is 0 Å². The summed E-state index contributed by atoms with van der Waals surface area (Å²) in [5, 5.41) is 1.47. The first-order valence-electron chi connectivity index (χ1n) is 0.925. The summed E-state index contributed by atoms with van der Waals surface area (Å²) >= 11 is 3.61. The number of hydrogen-bond donors (Lipinski definition) is 2. The molecule has 1 nitrogen and oxygen atoms in total. The van der Waals surface area contributed by atoms with Gasteiger partial charge in [0, 0.05) is 0 Å². The Balaban J connectivity index is 0. The quantitative estimate of drug-likeness (QED) is 0.444. The molecule has 0 aromatic heterocycles. The fraction of sp³-hybridized carbons (Fsp3) is 0. The lowest BCUT2D eigenvalue weighted by atomic mass is 11.1. The lowest BCUT2D eigenvalue weighted by Crippen LogP contribution is -1.69. The van der Waals surface area contributed by atoms with Crippen LogP contribution in [0.4, 0.5) is 0 Å². The zero-order chi connectivity index (χ0) is 3.41. The van der Waals surface area contributed by atoms with Crippen LogP contribution in [0.2, 0.25) is 0 Å². The van der Waals surface area contributed by atoms with Crippen molar-refractivity contribution in [1.29, 1.82) is 0 Å².